The van der Waals surface area contributed by atoms with Crippen LogP contribution in [0.15, 0.2) is 60.7 Å². The molecular weight excluding hydrogens is 384 g/mol. The number of rotatable bonds is 12. The highest BCUT2D eigenvalue weighted by atomic mass is 16.7. The minimum atomic E-state index is -0.525. The molecule has 2 aromatic carbocycles. The molecule has 0 amide bonds. The predicted molar refractivity (Wildman–Crippen MR) is 114 cm³/mol. The maximum atomic E-state index is 12.3. The van der Waals surface area contributed by atoms with Crippen molar-refractivity contribution in [2.75, 3.05) is 13.4 Å². The maximum Gasteiger partial charge on any atom is 0.343 e. The Morgan fingerprint density at radius 1 is 0.833 bits per heavy atom. The van der Waals surface area contributed by atoms with Crippen LogP contribution >= 0.6 is 0 Å². The summed E-state index contributed by atoms with van der Waals surface area (Å²) in [4.78, 5) is 23.6. The third kappa shape index (κ3) is 7.99. The lowest BCUT2D eigenvalue weighted by molar-refractivity contribution is -0.145. The number of hydrogen-bond donors (Lipinski definition) is 0. The minimum Gasteiger partial charge on any atom is -0.494 e. The number of carbonyl (C=O) groups excluding carboxylic acids is 2. The Bertz CT molecular complexity index is 824. The number of carbonyl (C=O) groups is 2. The summed E-state index contributed by atoms with van der Waals surface area (Å²) in [6.45, 7) is 7.66. The molecule has 0 radical (unpaired) electrons. The van der Waals surface area contributed by atoms with Crippen LogP contribution in [0, 0.1) is 0 Å². The van der Waals surface area contributed by atoms with E-state index in [0.29, 0.717) is 29.2 Å². The van der Waals surface area contributed by atoms with E-state index in [1.165, 1.54) is 12.8 Å². The molecule has 0 aromatic heterocycles. The molecule has 0 aliphatic carbocycles. The van der Waals surface area contributed by atoms with Crippen LogP contribution in [-0.2, 0) is 9.53 Å². The normalized spacial score (nSPS) is 10.2. The van der Waals surface area contributed by atoms with Crippen LogP contribution in [0.4, 0.5) is 0 Å². The zero-order valence-electron chi connectivity index (χ0n) is 17.5. The predicted octanol–water partition coefficient (Wildman–Crippen LogP) is 5.32. The Morgan fingerprint density at radius 3 is 2.07 bits per heavy atom. The second-order valence-electron chi connectivity index (χ2n) is 6.77. The largest absolute Gasteiger partial charge is 0.494 e. The molecule has 0 spiro atoms. The Labute approximate surface area is 177 Å². The van der Waals surface area contributed by atoms with Crippen molar-refractivity contribution in [2.24, 2.45) is 0 Å². The lowest BCUT2D eigenvalue weighted by Gasteiger charge is -2.09. The first-order chi connectivity index (χ1) is 14.5. The van der Waals surface area contributed by atoms with Crippen LogP contribution in [0.1, 0.15) is 49.9 Å². The lowest BCUT2D eigenvalue weighted by Crippen LogP contribution is -2.11. The summed E-state index contributed by atoms with van der Waals surface area (Å²) in [5, 5.41) is 0. The molecule has 6 heteroatoms. The highest BCUT2D eigenvalue weighted by Crippen LogP contribution is 2.20. The molecule has 0 unspecified atom stereocenters. The molecule has 0 heterocycles. The third-order valence-corrected chi connectivity index (χ3v) is 4.15. The van der Waals surface area contributed by atoms with Gasteiger partial charge in [-0.15, -0.1) is 0 Å². The fourth-order valence-corrected chi connectivity index (χ4v) is 2.45. The number of unbranched alkanes of at least 4 members (excludes halogenated alkanes) is 3. The lowest BCUT2D eigenvalue weighted by atomic mass is 10.2. The number of benzene rings is 2. The molecule has 0 aliphatic heterocycles. The summed E-state index contributed by atoms with van der Waals surface area (Å²) < 4.78 is 21.2. The van der Waals surface area contributed by atoms with E-state index in [4.69, 9.17) is 18.9 Å². The van der Waals surface area contributed by atoms with Crippen molar-refractivity contribution in [1.82, 2.24) is 0 Å². The van der Waals surface area contributed by atoms with E-state index in [1.807, 2.05) is 0 Å². The van der Waals surface area contributed by atoms with Crippen LogP contribution in [0.25, 0.3) is 0 Å². The van der Waals surface area contributed by atoms with Crippen molar-refractivity contribution in [2.45, 2.75) is 39.5 Å². The van der Waals surface area contributed by atoms with E-state index < -0.39 is 11.9 Å². The Balaban J connectivity index is 1.78. The van der Waals surface area contributed by atoms with Crippen molar-refractivity contribution < 1.29 is 28.5 Å². The van der Waals surface area contributed by atoms with Gasteiger partial charge in [0.2, 0.25) is 6.79 Å². The van der Waals surface area contributed by atoms with Gasteiger partial charge >= 0.3 is 11.9 Å². The Hall–Kier alpha value is -3.28. The van der Waals surface area contributed by atoms with E-state index in [2.05, 4.69) is 13.5 Å². The van der Waals surface area contributed by atoms with Gasteiger partial charge in [-0.3, -0.25) is 0 Å². The Kier molecular flexibility index (Phi) is 9.45. The van der Waals surface area contributed by atoms with Gasteiger partial charge in [-0.1, -0.05) is 32.8 Å². The van der Waals surface area contributed by atoms with Crippen LogP contribution in [0.5, 0.6) is 17.2 Å². The first-order valence-electron chi connectivity index (χ1n) is 10.00. The number of hydrogen-bond acceptors (Lipinski definition) is 6. The van der Waals surface area contributed by atoms with Gasteiger partial charge in [0.05, 0.1) is 12.2 Å². The molecule has 30 heavy (non-hydrogen) atoms. The first-order valence-corrected chi connectivity index (χ1v) is 10.00. The monoisotopic (exact) mass is 412 g/mol. The van der Waals surface area contributed by atoms with Gasteiger partial charge in [-0.25, -0.2) is 9.59 Å². The summed E-state index contributed by atoms with van der Waals surface area (Å²) in [6.07, 6.45) is 4.60. The average molecular weight is 412 g/mol. The molecule has 160 valence electrons. The van der Waals surface area contributed by atoms with Gasteiger partial charge in [0.1, 0.15) is 17.2 Å². The summed E-state index contributed by atoms with van der Waals surface area (Å²) >= 11 is 0. The quantitative estimate of drug-likeness (QED) is 0.154. The molecule has 0 aliphatic rings. The van der Waals surface area contributed by atoms with E-state index in [1.54, 1.807) is 55.5 Å². The van der Waals surface area contributed by atoms with Crippen molar-refractivity contribution in [3.05, 3.63) is 66.2 Å². The van der Waals surface area contributed by atoms with Crippen LogP contribution in [0.3, 0.4) is 0 Å². The zero-order valence-corrected chi connectivity index (χ0v) is 17.5. The molecular formula is C24H28O6. The standard InChI is InChI=1S/C24H28O6/c1-4-5-6-7-16-27-20-12-14-22(15-13-20)30-24(26)19-8-10-21(11-9-19)28-17-29-23(25)18(2)3/h8-15H,2,4-7,16-17H2,1,3H3. The number of ether oxygens (including phenoxy) is 4. The molecule has 2 aromatic rings. The second-order valence-corrected chi connectivity index (χ2v) is 6.77. The highest BCUT2D eigenvalue weighted by molar-refractivity contribution is 5.91. The molecule has 0 saturated heterocycles. The highest BCUT2D eigenvalue weighted by Gasteiger charge is 2.09. The fraction of sp³-hybridized carbons (Fsp3) is 0.333. The van der Waals surface area contributed by atoms with Gasteiger partial charge in [0, 0.05) is 5.57 Å². The SMILES string of the molecule is C=C(C)C(=O)OCOc1ccc(C(=O)Oc2ccc(OCCCCCC)cc2)cc1. The Morgan fingerprint density at radius 2 is 1.43 bits per heavy atom. The molecule has 0 bridgehead atoms. The van der Waals surface area contributed by atoms with E-state index >= 15 is 0 Å². The molecule has 2 rings (SSSR count). The van der Waals surface area contributed by atoms with Gasteiger partial charge in [0.25, 0.3) is 0 Å². The van der Waals surface area contributed by atoms with Crippen LogP contribution in [-0.4, -0.2) is 25.3 Å². The molecule has 0 atom stereocenters. The minimum absolute atomic E-state index is 0.234. The van der Waals surface area contributed by atoms with Crippen molar-refractivity contribution in [3.8, 4) is 17.2 Å². The van der Waals surface area contributed by atoms with Gasteiger partial charge in [-0.05, 0) is 61.9 Å². The average Bonchev–Trinajstić information content (AvgIpc) is 2.75. The van der Waals surface area contributed by atoms with E-state index in [-0.39, 0.29) is 6.79 Å². The summed E-state index contributed by atoms with van der Waals surface area (Å²) in [6, 6.07) is 13.3. The van der Waals surface area contributed by atoms with E-state index in [0.717, 1.165) is 18.6 Å². The topological polar surface area (TPSA) is 71.1 Å². The van der Waals surface area contributed by atoms with Crippen molar-refractivity contribution in [3.63, 3.8) is 0 Å². The van der Waals surface area contributed by atoms with Gasteiger partial charge in [0.15, 0.2) is 0 Å². The summed E-state index contributed by atoms with van der Waals surface area (Å²) in [5.74, 6) is 0.638. The van der Waals surface area contributed by atoms with Crippen LogP contribution in [0.2, 0.25) is 0 Å². The van der Waals surface area contributed by atoms with Gasteiger partial charge < -0.3 is 18.9 Å². The molecule has 6 nitrogen and oxygen atoms in total. The first kappa shape index (κ1) is 23.0. The maximum absolute atomic E-state index is 12.3. The number of esters is 2. The smallest absolute Gasteiger partial charge is 0.343 e. The molecule has 0 saturated carbocycles. The van der Waals surface area contributed by atoms with Crippen molar-refractivity contribution in [1.29, 1.82) is 0 Å². The van der Waals surface area contributed by atoms with Gasteiger partial charge in [-0.2, -0.15) is 0 Å². The molecule has 0 fully saturated rings. The summed E-state index contributed by atoms with van der Waals surface area (Å²) in [5.41, 5.74) is 0.667. The zero-order chi connectivity index (χ0) is 21.8. The third-order valence-electron chi connectivity index (χ3n) is 4.15. The summed E-state index contributed by atoms with van der Waals surface area (Å²) in [7, 11) is 0. The van der Waals surface area contributed by atoms with Crippen molar-refractivity contribution >= 4 is 11.9 Å². The second kappa shape index (κ2) is 12.3. The molecule has 0 N–H and O–H groups in total. The van der Waals surface area contributed by atoms with Crippen LogP contribution < -0.4 is 14.2 Å². The van der Waals surface area contributed by atoms with E-state index in [9.17, 15) is 9.59 Å². The fourth-order valence-electron chi connectivity index (χ4n) is 2.45.